The molecule has 1 aromatic rings. The highest BCUT2D eigenvalue weighted by molar-refractivity contribution is 7.89. The Morgan fingerprint density at radius 1 is 1.20 bits per heavy atom. The van der Waals surface area contributed by atoms with Crippen molar-refractivity contribution in [2.45, 2.75) is 43.5 Å². The molecule has 2 aliphatic carbocycles. The normalized spacial score (nSPS) is 30.6. The number of rotatable bonds is 4. The molecule has 2 saturated carbocycles. The van der Waals surface area contributed by atoms with E-state index in [9.17, 15) is 8.42 Å². The highest BCUT2D eigenvalue weighted by atomic mass is 35.5. The Morgan fingerprint density at radius 3 is 2.45 bits per heavy atom. The van der Waals surface area contributed by atoms with E-state index < -0.39 is 10.0 Å². The molecule has 5 heteroatoms. The smallest absolute Gasteiger partial charge is 0.208 e. The maximum absolute atomic E-state index is 12.4. The van der Waals surface area contributed by atoms with Gasteiger partial charge in [0.15, 0.2) is 0 Å². The summed E-state index contributed by atoms with van der Waals surface area (Å²) in [4.78, 5) is 0.289. The third kappa shape index (κ3) is 2.74. The topological polar surface area (TPSA) is 46.2 Å². The highest BCUT2D eigenvalue weighted by Crippen LogP contribution is 2.49. The van der Waals surface area contributed by atoms with Crippen LogP contribution in [-0.4, -0.2) is 14.5 Å². The number of sulfonamides is 1. The highest BCUT2D eigenvalue weighted by Gasteiger charge is 2.42. The summed E-state index contributed by atoms with van der Waals surface area (Å²) >= 11 is 5.80. The van der Waals surface area contributed by atoms with Gasteiger partial charge in [-0.05, 0) is 68.2 Å². The van der Waals surface area contributed by atoms with Crippen LogP contribution in [0.3, 0.4) is 0 Å². The molecule has 110 valence electrons. The number of hydrogen-bond donors (Lipinski definition) is 1. The molecule has 2 bridgehead atoms. The van der Waals surface area contributed by atoms with E-state index >= 15 is 0 Å². The van der Waals surface area contributed by atoms with Gasteiger partial charge in [-0.15, -0.1) is 0 Å². The van der Waals surface area contributed by atoms with Crippen LogP contribution in [0.25, 0.3) is 0 Å². The molecule has 3 nitrogen and oxygen atoms in total. The van der Waals surface area contributed by atoms with E-state index in [-0.39, 0.29) is 10.9 Å². The summed E-state index contributed by atoms with van der Waals surface area (Å²) < 4.78 is 27.6. The van der Waals surface area contributed by atoms with Crippen LogP contribution < -0.4 is 4.72 Å². The summed E-state index contributed by atoms with van der Waals surface area (Å²) in [6.07, 6.45) is 5.06. The summed E-state index contributed by atoms with van der Waals surface area (Å²) in [5, 5.41) is 0.546. The van der Waals surface area contributed by atoms with Gasteiger partial charge in [-0.2, -0.15) is 0 Å². The van der Waals surface area contributed by atoms with Crippen molar-refractivity contribution in [1.29, 1.82) is 0 Å². The molecular formula is C15H20ClNO2S. The molecule has 0 radical (unpaired) electrons. The van der Waals surface area contributed by atoms with Gasteiger partial charge >= 0.3 is 0 Å². The first kappa shape index (κ1) is 14.4. The average Bonchev–Trinajstić information content (AvgIpc) is 3.01. The predicted octanol–water partition coefficient (Wildman–Crippen LogP) is 3.44. The lowest BCUT2D eigenvalue weighted by Crippen LogP contribution is -2.40. The molecule has 2 fully saturated rings. The second kappa shape index (κ2) is 5.32. The number of fused-ring (bicyclic) bond motifs is 2. The van der Waals surface area contributed by atoms with E-state index in [4.69, 9.17) is 11.6 Å². The van der Waals surface area contributed by atoms with Crippen LogP contribution in [0.4, 0.5) is 0 Å². The monoisotopic (exact) mass is 313 g/mol. The molecule has 0 aromatic heterocycles. The van der Waals surface area contributed by atoms with Crippen LogP contribution in [0.5, 0.6) is 0 Å². The fourth-order valence-electron chi connectivity index (χ4n) is 3.92. The Hall–Kier alpha value is -0.580. The molecule has 0 aliphatic heterocycles. The molecule has 1 N–H and O–H groups in total. The summed E-state index contributed by atoms with van der Waals surface area (Å²) in [7, 11) is -3.44. The molecular weight excluding hydrogens is 294 g/mol. The number of nitrogens with one attached hydrogen (secondary N) is 1. The van der Waals surface area contributed by atoms with Crippen molar-refractivity contribution in [1.82, 2.24) is 4.72 Å². The predicted molar refractivity (Wildman–Crippen MR) is 80.2 cm³/mol. The lowest BCUT2D eigenvalue weighted by Gasteiger charge is -2.28. The Morgan fingerprint density at radius 2 is 1.90 bits per heavy atom. The fraction of sp³-hybridized carbons (Fsp3) is 0.600. The van der Waals surface area contributed by atoms with Gasteiger partial charge in [0.25, 0.3) is 0 Å². The summed E-state index contributed by atoms with van der Waals surface area (Å²) in [5.74, 6) is 2.03. The standard InChI is InChI=1S/C15H20ClNO2S/c1-10(15-9-11-2-3-12(15)8-11)17-20(18,19)14-6-4-13(16)5-7-14/h4-7,10-12,15,17H,2-3,8-9H2,1H3/t10-,11-,12-,15+/m0/s1. The second-order valence-electron chi connectivity index (χ2n) is 6.20. The van der Waals surface area contributed by atoms with E-state index in [1.165, 1.54) is 25.7 Å². The quantitative estimate of drug-likeness (QED) is 0.925. The van der Waals surface area contributed by atoms with Crippen molar-refractivity contribution in [3.63, 3.8) is 0 Å². The first-order chi connectivity index (χ1) is 9.45. The lowest BCUT2D eigenvalue weighted by atomic mass is 9.84. The van der Waals surface area contributed by atoms with Gasteiger partial charge in [-0.3, -0.25) is 0 Å². The van der Waals surface area contributed by atoms with E-state index in [0.717, 1.165) is 5.92 Å². The summed E-state index contributed by atoms with van der Waals surface area (Å²) in [6, 6.07) is 6.33. The molecule has 2 aliphatic rings. The van der Waals surface area contributed by atoms with Crippen LogP contribution in [0.15, 0.2) is 29.2 Å². The summed E-state index contributed by atoms with van der Waals surface area (Å²) in [6.45, 7) is 2.00. The molecule has 0 spiro atoms. The molecule has 0 unspecified atom stereocenters. The van der Waals surface area contributed by atoms with E-state index in [0.29, 0.717) is 16.9 Å². The molecule has 0 amide bonds. The minimum atomic E-state index is -3.44. The average molecular weight is 314 g/mol. The van der Waals surface area contributed by atoms with Crippen molar-refractivity contribution in [2.24, 2.45) is 17.8 Å². The third-order valence-electron chi connectivity index (χ3n) is 4.90. The van der Waals surface area contributed by atoms with Gasteiger partial charge in [0.2, 0.25) is 10.0 Å². The van der Waals surface area contributed by atoms with Gasteiger partial charge in [0.1, 0.15) is 0 Å². The molecule has 0 heterocycles. The summed E-state index contributed by atoms with van der Waals surface area (Å²) in [5.41, 5.74) is 0. The third-order valence-corrected chi connectivity index (χ3v) is 6.73. The first-order valence-corrected chi connectivity index (χ1v) is 9.10. The van der Waals surface area contributed by atoms with E-state index in [1.807, 2.05) is 6.92 Å². The van der Waals surface area contributed by atoms with Crippen LogP contribution in [0.2, 0.25) is 5.02 Å². The van der Waals surface area contributed by atoms with Gasteiger partial charge in [0, 0.05) is 11.1 Å². The van der Waals surface area contributed by atoms with Crippen LogP contribution in [-0.2, 0) is 10.0 Å². The van der Waals surface area contributed by atoms with Crippen molar-refractivity contribution in [2.75, 3.05) is 0 Å². The van der Waals surface area contributed by atoms with Crippen LogP contribution in [0, 0.1) is 17.8 Å². The van der Waals surface area contributed by atoms with Gasteiger partial charge in [-0.1, -0.05) is 18.0 Å². The van der Waals surface area contributed by atoms with E-state index in [1.54, 1.807) is 24.3 Å². The van der Waals surface area contributed by atoms with Gasteiger partial charge in [0.05, 0.1) is 4.90 Å². The second-order valence-corrected chi connectivity index (χ2v) is 8.35. The largest absolute Gasteiger partial charge is 0.240 e. The molecule has 1 aromatic carbocycles. The minimum Gasteiger partial charge on any atom is -0.208 e. The zero-order valence-corrected chi connectivity index (χ0v) is 13.1. The number of hydrogen-bond acceptors (Lipinski definition) is 2. The van der Waals surface area contributed by atoms with Crippen molar-refractivity contribution >= 4 is 21.6 Å². The molecule has 4 atom stereocenters. The van der Waals surface area contributed by atoms with Gasteiger partial charge < -0.3 is 0 Å². The Balaban J connectivity index is 1.71. The number of halogens is 1. The maximum Gasteiger partial charge on any atom is 0.240 e. The van der Waals surface area contributed by atoms with Gasteiger partial charge in [-0.25, -0.2) is 13.1 Å². The maximum atomic E-state index is 12.4. The number of benzene rings is 1. The van der Waals surface area contributed by atoms with Crippen molar-refractivity contribution in [3.05, 3.63) is 29.3 Å². The molecule has 3 rings (SSSR count). The Labute approximate surface area is 125 Å². The molecule has 20 heavy (non-hydrogen) atoms. The SMILES string of the molecule is C[C@H](NS(=O)(=O)c1ccc(Cl)cc1)[C@H]1C[C@H]2CC[C@H]1C2. The van der Waals surface area contributed by atoms with Crippen LogP contribution >= 0.6 is 11.6 Å². The van der Waals surface area contributed by atoms with Crippen LogP contribution in [0.1, 0.15) is 32.6 Å². The molecule has 0 saturated heterocycles. The first-order valence-electron chi connectivity index (χ1n) is 7.23. The fourth-order valence-corrected chi connectivity index (χ4v) is 5.34. The minimum absolute atomic E-state index is 0.00554. The Bertz CT molecular complexity index is 584. The zero-order valence-electron chi connectivity index (χ0n) is 11.5. The Kier molecular flexibility index (Phi) is 3.82. The van der Waals surface area contributed by atoms with Crippen molar-refractivity contribution in [3.8, 4) is 0 Å². The van der Waals surface area contributed by atoms with E-state index in [2.05, 4.69) is 4.72 Å². The zero-order chi connectivity index (χ0) is 14.3. The van der Waals surface area contributed by atoms with Crippen molar-refractivity contribution < 1.29 is 8.42 Å². The lowest BCUT2D eigenvalue weighted by molar-refractivity contribution is 0.280.